The van der Waals surface area contributed by atoms with Crippen LogP contribution in [-0.2, 0) is 5.41 Å². The minimum atomic E-state index is -0.357. The zero-order chi connectivity index (χ0) is 12.5. The molecule has 1 N–H and O–H groups in total. The largest absolute Gasteiger partial charge is 0.508 e. The lowest BCUT2D eigenvalue weighted by Gasteiger charge is -2.25. The molecule has 17 heavy (non-hydrogen) atoms. The van der Waals surface area contributed by atoms with Gasteiger partial charge in [0.2, 0.25) is 0 Å². The number of benzene rings is 1. The van der Waals surface area contributed by atoms with Crippen LogP contribution in [0.25, 0.3) is 0 Å². The van der Waals surface area contributed by atoms with E-state index in [4.69, 9.17) is 0 Å². The molecule has 0 amide bonds. The smallest absolute Gasteiger partial charge is 0.119 e. The highest BCUT2D eigenvalue weighted by Crippen LogP contribution is 2.35. The molecular formula is C14H16N2O. The van der Waals surface area contributed by atoms with E-state index >= 15 is 0 Å². The molecule has 2 rings (SSSR count). The topological polar surface area (TPSA) is 46.0 Å². The minimum Gasteiger partial charge on any atom is -0.508 e. The molecule has 88 valence electrons. The summed E-state index contributed by atoms with van der Waals surface area (Å²) in [5.41, 5.74) is 2.24. The normalized spacial score (nSPS) is 11.5. The maximum atomic E-state index is 9.93. The first-order chi connectivity index (χ1) is 8.01. The quantitative estimate of drug-likeness (QED) is 0.859. The molecule has 3 nitrogen and oxygen atoms in total. The van der Waals surface area contributed by atoms with Gasteiger partial charge in [0.25, 0.3) is 0 Å². The molecule has 1 aromatic carbocycles. The SMILES string of the molecule is Cc1cncc(C(C)(C)c2ccccc2O)n1. The Kier molecular flexibility index (Phi) is 2.84. The van der Waals surface area contributed by atoms with Gasteiger partial charge in [0.15, 0.2) is 0 Å². The number of hydrogen-bond acceptors (Lipinski definition) is 3. The minimum absolute atomic E-state index is 0.292. The summed E-state index contributed by atoms with van der Waals surface area (Å²) in [5, 5.41) is 9.93. The van der Waals surface area contributed by atoms with Gasteiger partial charge in [0, 0.05) is 23.4 Å². The first kappa shape index (κ1) is 11.6. The number of phenolic OH excluding ortho intramolecular Hbond substituents is 1. The summed E-state index contributed by atoms with van der Waals surface area (Å²) < 4.78 is 0. The zero-order valence-electron chi connectivity index (χ0n) is 10.3. The van der Waals surface area contributed by atoms with Crippen LogP contribution in [0.2, 0.25) is 0 Å². The van der Waals surface area contributed by atoms with Gasteiger partial charge in [-0.25, -0.2) is 0 Å². The average Bonchev–Trinajstić information content (AvgIpc) is 2.29. The summed E-state index contributed by atoms with van der Waals surface area (Å²) in [4.78, 5) is 8.65. The number of rotatable bonds is 2. The van der Waals surface area contributed by atoms with E-state index in [1.54, 1.807) is 18.5 Å². The van der Waals surface area contributed by atoms with E-state index in [1.807, 2.05) is 39.0 Å². The van der Waals surface area contributed by atoms with E-state index < -0.39 is 0 Å². The fraction of sp³-hybridized carbons (Fsp3) is 0.286. The Labute approximate surface area is 101 Å². The summed E-state index contributed by atoms with van der Waals surface area (Å²) in [6.45, 7) is 5.98. The first-order valence-corrected chi connectivity index (χ1v) is 5.59. The number of aromatic nitrogens is 2. The molecule has 1 aromatic heterocycles. The average molecular weight is 228 g/mol. The standard InChI is InChI=1S/C14H16N2O/c1-10-8-15-9-13(16-10)14(2,3)11-6-4-5-7-12(11)17/h4-9,17H,1-3H3. The molecule has 3 heteroatoms. The van der Waals surface area contributed by atoms with Crippen LogP contribution in [0.3, 0.4) is 0 Å². The second-order valence-electron chi connectivity index (χ2n) is 4.69. The molecule has 0 aliphatic carbocycles. The Balaban J connectivity index is 2.53. The second-order valence-corrected chi connectivity index (χ2v) is 4.69. The lowest BCUT2D eigenvalue weighted by molar-refractivity contribution is 0.450. The molecule has 0 unspecified atom stereocenters. The summed E-state index contributed by atoms with van der Waals surface area (Å²) in [6, 6.07) is 7.34. The monoisotopic (exact) mass is 228 g/mol. The fourth-order valence-electron chi connectivity index (χ4n) is 1.90. The number of aromatic hydroxyl groups is 1. The van der Waals surface area contributed by atoms with Crippen molar-refractivity contribution in [2.24, 2.45) is 0 Å². The lowest BCUT2D eigenvalue weighted by Crippen LogP contribution is -2.21. The lowest BCUT2D eigenvalue weighted by atomic mass is 9.81. The predicted octanol–water partition coefficient (Wildman–Crippen LogP) is 2.82. The van der Waals surface area contributed by atoms with Crippen molar-refractivity contribution in [2.45, 2.75) is 26.2 Å². The number of hydrogen-bond donors (Lipinski definition) is 1. The van der Waals surface area contributed by atoms with E-state index in [-0.39, 0.29) is 5.41 Å². The Bertz CT molecular complexity index is 535. The number of aryl methyl sites for hydroxylation is 1. The molecule has 0 saturated carbocycles. The maximum Gasteiger partial charge on any atom is 0.119 e. The van der Waals surface area contributed by atoms with E-state index in [9.17, 15) is 5.11 Å². The van der Waals surface area contributed by atoms with Crippen molar-refractivity contribution in [1.82, 2.24) is 9.97 Å². The van der Waals surface area contributed by atoms with Gasteiger partial charge < -0.3 is 5.11 Å². The van der Waals surface area contributed by atoms with Gasteiger partial charge in [-0.3, -0.25) is 9.97 Å². The van der Waals surface area contributed by atoms with Crippen LogP contribution in [0, 0.1) is 6.92 Å². The Morgan fingerprint density at radius 3 is 2.47 bits per heavy atom. The molecule has 0 aliphatic rings. The van der Waals surface area contributed by atoms with E-state index in [0.29, 0.717) is 5.75 Å². The number of phenols is 1. The van der Waals surface area contributed by atoms with Crippen molar-refractivity contribution < 1.29 is 5.11 Å². The van der Waals surface area contributed by atoms with Crippen molar-refractivity contribution in [2.75, 3.05) is 0 Å². The number of nitrogens with zero attached hydrogens (tertiary/aromatic N) is 2. The van der Waals surface area contributed by atoms with Crippen molar-refractivity contribution in [3.63, 3.8) is 0 Å². The summed E-state index contributed by atoms with van der Waals surface area (Å²) in [5.74, 6) is 0.292. The molecule has 2 aromatic rings. The summed E-state index contributed by atoms with van der Waals surface area (Å²) >= 11 is 0. The summed E-state index contributed by atoms with van der Waals surface area (Å²) in [6.07, 6.45) is 3.48. The molecule has 1 heterocycles. The predicted molar refractivity (Wildman–Crippen MR) is 67.0 cm³/mol. The molecule has 0 radical (unpaired) electrons. The Morgan fingerprint density at radius 2 is 1.82 bits per heavy atom. The van der Waals surface area contributed by atoms with E-state index in [1.165, 1.54) is 0 Å². The summed E-state index contributed by atoms with van der Waals surface area (Å²) in [7, 11) is 0. The van der Waals surface area contributed by atoms with Gasteiger partial charge in [-0.15, -0.1) is 0 Å². The molecule has 0 fully saturated rings. The molecule has 0 spiro atoms. The highest BCUT2D eigenvalue weighted by Gasteiger charge is 2.27. The highest BCUT2D eigenvalue weighted by atomic mass is 16.3. The van der Waals surface area contributed by atoms with Gasteiger partial charge in [0.1, 0.15) is 5.75 Å². The van der Waals surface area contributed by atoms with Crippen LogP contribution in [-0.4, -0.2) is 15.1 Å². The van der Waals surface area contributed by atoms with Crippen LogP contribution in [0.4, 0.5) is 0 Å². The Hall–Kier alpha value is -1.90. The van der Waals surface area contributed by atoms with Crippen LogP contribution in [0.1, 0.15) is 30.8 Å². The third-order valence-electron chi connectivity index (χ3n) is 2.97. The zero-order valence-corrected chi connectivity index (χ0v) is 10.3. The van der Waals surface area contributed by atoms with E-state index in [0.717, 1.165) is 17.0 Å². The molecule has 0 bridgehead atoms. The maximum absolute atomic E-state index is 9.93. The van der Waals surface area contributed by atoms with Crippen molar-refractivity contribution in [3.05, 3.63) is 53.6 Å². The van der Waals surface area contributed by atoms with Crippen LogP contribution >= 0.6 is 0 Å². The van der Waals surface area contributed by atoms with Crippen molar-refractivity contribution in [3.8, 4) is 5.75 Å². The third kappa shape index (κ3) is 2.13. The molecule has 0 saturated heterocycles. The van der Waals surface area contributed by atoms with Crippen molar-refractivity contribution >= 4 is 0 Å². The Morgan fingerprint density at radius 1 is 1.12 bits per heavy atom. The molecule has 0 atom stereocenters. The van der Waals surface area contributed by atoms with Gasteiger partial charge in [-0.1, -0.05) is 18.2 Å². The second kappa shape index (κ2) is 4.17. The molecular weight excluding hydrogens is 212 g/mol. The van der Waals surface area contributed by atoms with Gasteiger partial charge in [-0.2, -0.15) is 0 Å². The van der Waals surface area contributed by atoms with Gasteiger partial charge in [-0.05, 0) is 26.8 Å². The molecule has 0 aliphatic heterocycles. The first-order valence-electron chi connectivity index (χ1n) is 5.59. The van der Waals surface area contributed by atoms with E-state index in [2.05, 4.69) is 9.97 Å². The van der Waals surface area contributed by atoms with Crippen LogP contribution < -0.4 is 0 Å². The highest BCUT2D eigenvalue weighted by molar-refractivity contribution is 5.42. The van der Waals surface area contributed by atoms with Crippen molar-refractivity contribution in [1.29, 1.82) is 0 Å². The van der Waals surface area contributed by atoms with Crippen LogP contribution in [0.5, 0.6) is 5.75 Å². The fourth-order valence-corrected chi connectivity index (χ4v) is 1.90. The van der Waals surface area contributed by atoms with Gasteiger partial charge >= 0.3 is 0 Å². The third-order valence-corrected chi connectivity index (χ3v) is 2.97. The van der Waals surface area contributed by atoms with Gasteiger partial charge in [0.05, 0.1) is 11.4 Å². The number of para-hydroxylation sites is 1. The van der Waals surface area contributed by atoms with Crippen LogP contribution in [0.15, 0.2) is 36.7 Å².